The molecule has 0 bridgehead atoms. The van der Waals surface area contributed by atoms with Gasteiger partial charge in [-0.25, -0.2) is 0 Å². The summed E-state index contributed by atoms with van der Waals surface area (Å²) in [7, 11) is 3.52. The van der Waals surface area contributed by atoms with Crippen LogP contribution in [0.4, 0.5) is 0 Å². The Morgan fingerprint density at radius 3 is 2.90 bits per heavy atom. The molecule has 1 aromatic rings. The molecule has 5 heteroatoms. The fourth-order valence-electron chi connectivity index (χ4n) is 2.56. The summed E-state index contributed by atoms with van der Waals surface area (Å²) in [5, 5.41) is 3.37. The van der Waals surface area contributed by atoms with Gasteiger partial charge >= 0.3 is 0 Å². The number of ether oxygens (including phenoxy) is 1. The minimum Gasteiger partial charge on any atom is -0.496 e. The van der Waals surface area contributed by atoms with E-state index in [0.717, 1.165) is 42.6 Å². The molecule has 1 atom stereocenters. The van der Waals surface area contributed by atoms with Crippen LogP contribution in [-0.4, -0.2) is 44.1 Å². The summed E-state index contributed by atoms with van der Waals surface area (Å²) in [5.74, 6) is 0.808. The van der Waals surface area contributed by atoms with E-state index in [2.05, 4.69) is 21.2 Å². The first-order chi connectivity index (χ1) is 9.63. The van der Waals surface area contributed by atoms with Crippen molar-refractivity contribution in [3.63, 3.8) is 0 Å². The molecule has 1 amide bonds. The number of hydrogen-bond donors (Lipinski definition) is 1. The predicted octanol–water partition coefficient (Wildman–Crippen LogP) is 2.67. The van der Waals surface area contributed by atoms with Crippen molar-refractivity contribution in [2.75, 3.05) is 27.2 Å². The molecule has 4 nitrogen and oxygen atoms in total. The second-order valence-electron chi connectivity index (χ2n) is 5.10. The number of methoxy groups -OCH3 is 1. The van der Waals surface area contributed by atoms with E-state index >= 15 is 0 Å². The first kappa shape index (κ1) is 15.3. The van der Waals surface area contributed by atoms with Gasteiger partial charge in [-0.15, -0.1) is 0 Å². The van der Waals surface area contributed by atoms with E-state index in [1.807, 2.05) is 30.1 Å². The van der Waals surface area contributed by atoms with Gasteiger partial charge in [0.2, 0.25) is 0 Å². The summed E-state index contributed by atoms with van der Waals surface area (Å²) in [5.41, 5.74) is 0.692. The van der Waals surface area contributed by atoms with Crippen LogP contribution < -0.4 is 10.1 Å². The second kappa shape index (κ2) is 7.09. The number of hydrogen-bond acceptors (Lipinski definition) is 3. The van der Waals surface area contributed by atoms with Gasteiger partial charge in [-0.05, 0) is 66.5 Å². The lowest BCUT2D eigenvalue weighted by Crippen LogP contribution is -2.37. The largest absolute Gasteiger partial charge is 0.496 e. The van der Waals surface area contributed by atoms with Crippen LogP contribution in [0.15, 0.2) is 22.7 Å². The number of nitrogens with one attached hydrogen (secondary N) is 1. The number of carbonyl (C=O) groups is 1. The lowest BCUT2D eigenvalue weighted by Gasteiger charge is -2.27. The van der Waals surface area contributed by atoms with E-state index in [-0.39, 0.29) is 5.91 Å². The average Bonchev–Trinajstić information content (AvgIpc) is 2.74. The third kappa shape index (κ3) is 3.52. The standard InChI is InChI=1S/C15H21BrN2O2/c1-18(12-4-3-8-17-9-7-12)15(19)11-5-6-14(20-2)13(16)10-11/h5-6,10,12,17H,3-4,7-9H2,1-2H3. The van der Waals surface area contributed by atoms with Gasteiger partial charge < -0.3 is 15.0 Å². The Labute approximate surface area is 128 Å². The molecule has 0 spiro atoms. The highest BCUT2D eigenvalue weighted by molar-refractivity contribution is 9.10. The van der Waals surface area contributed by atoms with Crippen molar-refractivity contribution >= 4 is 21.8 Å². The fraction of sp³-hybridized carbons (Fsp3) is 0.533. The topological polar surface area (TPSA) is 41.6 Å². The van der Waals surface area contributed by atoms with Crippen LogP contribution in [-0.2, 0) is 0 Å². The van der Waals surface area contributed by atoms with Crippen molar-refractivity contribution in [3.8, 4) is 5.75 Å². The highest BCUT2D eigenvalue weighted by Crippen LogP contribution is 2.26. The number of halogens is 1. The molecule has 1 aromatic carbocycles. The van der Waals surface area contributed by atoms with Crippen molar-refractivity contribution in [2.24, 2.45) is 0 Å². The van der Waals surface area contributed by atoms with Gasteiger partial charge in [-0.3, -0.25) is 4.79 Å². The Morgan fingerprint density at radius 2 is 2.20 bits per heavy atom. The summed E-state index contributed by atoms with van der Waals surface area (Å²) in [6, 6.07) is 5.78. The number of benzene rings is 1. The Kier molecular flexibility index (Phi) is 5.43. The SMILES string of the molecule is COc1ccc(C(=O)N(C)C2CCCNCC2)cc1Br. The molecule has 1 saturated heterocycles. The highest BCUT2D eigenvalue weighted by Gasteiger charge is 2.22. The van der Waals surface area contributed by atoms with Crippen LogP contribution in [0.5, 0.6) is 5.75 Å². The lowest BCUT2D eigenvalue weighted by molar-refractivity contribution is 0.0720. The number of carbonyl (C=O) groups excluding carboxylic acids is 1. The van der Waals surface area contributed by atoms with Gasteiger partial charge in [0, 0.05) is 18.7 Å². The molecule has 110 valence electrons. The highest BCUT2D eigenvalue weighted by atomic mass is 79.9. The van der Waals surface area contributed by atoms with Crippen molar-refractivity contribution in [3.05, 3.63) is 28.2 Å². The summed E-state index contributed by atoms with van der Waals surface area (Å²) in [6.45, 7) is 2.03. The van der Waals surface area contributed by atoms with Crippen molar-refractivity contribution < 1.29 is 9.53 Å². The summed E-state index contributed by atoms with van der Waals surface area (Å²) in [6.07, 6.45) is 3.20. The maximum atomic E-state index is 12.6. The fourth-order valence-corrected chi connectivity index (χ4v) is 3.10. The van der Waals surface area contributed by atoms with E-state index < -0.39 is 0 Å². The van der Waals surface area contributed by atoms with E-state index in [1.54, 1.807) is 7.11 Å². The Bertz CT molecular complexity index is 471. The van der Waals surface area contributed by atoms with Gasteiger partial charge in [0.25, 0.3) is 5.91 Å². The zero-order valence-corrected chi connectivity index (χ0v) is 13.6. The summed E-state index contributed by atoms with van der Waals surface area (Å²) >= 11 is 3.43. The maximum Gasteiger partial charge on any atom is 0.253 e. The lowest BCUT2D eigenvalue weighted by atomic mass is 10.1. The molecule has 1 heterocycles. The molecule has 0 radical (unpaired) electrons. The number of nitrogens with zero attached hydrogens (tertiary/aromatic N) is 1. The van der Waals surface area contributed by atoms with Crippen LogP contribution >= 0.6 is 15.9 Å². The molecule has 1 N–H and O–H groups in total. The molecular formula is C15H21BrN2O2. The maximum absolute atomic E-state index is 12.6. The summed E-state index contributed by atoms with van der Waals surface area (Å²) < 4.78 is 6.00. The van der Waals surface area contributed by atoms with Gasteiger partial charge in [0.15, 0.2) is 0 Å². The number of rotatable bonds is 3. The minimum atomic E-state index is 0.0697. The summed E-state index contributed by atoms with van der Waals surface area (Å²) in [4.78, 5) is 14.4. The molecule has 0 saturated carbocycles. The zero-order valence-electron chi connectivity index (χ0n) is 12.0. The van der Waals surface area contributed by atoms with E-state index in [1.165, 1.54) is 0 Å². The Hall–Kier alpha value is -1.07. The molecule has 20 heavy (non-hydrogen) atoms. The molecule has 2 rings (SSSR count). The average molecular weight is 341 g/mol. The molecule has 0 aromatic heterocycles. The molecule has 1 aliphatic rings. The third-order valence-electron chi connectivity index (χ3n) is 3.81. The van der Waals surface area contributed by atoms with E-state index in [4.69, 9.17) is 4.74 Å². The Balaban J connectivity index is 2.11. The first-order valence-electron chi connectivity index (χ1n) is 6.95. The van der Waals surface area contributed by atoms with Crippen LogP contribution in [0.2, 0.25) is 0 Å². The molecule has 1 aliphatic heterocycles. The molecule has 0 aliphatic carbocycles. The van der Waals surface area contributed by atoms with Gasteiger partial charge in [-0.2, -0.15) is 0 Å². The van der Waals surface area contributed by atoms with Crippen LogP contribution in [0.3, 0.4) is 0 Å². The van der Waals surface area contributed by atoms with Gasteiger partial charge in [0.1, 0.15) is 5.75 Å². The zero-order chi connectivity index (χ0) is 14.5. The van der Waals surface area contributed by atoms with Gasteiger partial charge in [-0.1, -0.05) is 0 Å². The minimum absolute atomic E-state index is 0.0697. The smallest absolute Gasteiger partial charge is 0.253 e. The molecule has 1 fully saturated rings. The van der Waals surface area contributed by atoms with Crippen LogP contribution in [0.25, 0.3) is 0 Å². The van der Waals surface area contributed by atoms with Crippen molar-refractivity contribution in [1.29, 1.82) is 0 Å². The number of amides is 1. The quantitative estimate of drug-likeness (QED) is 0.919. The predicted molar refractivity (Wildman–Crippen MR) is 83.3 cm³/mol. The first-order valence-corrected chi connectivity index (χ1v) is 7.74. The van der Waals surface area contributed by atoms with Crippen molar-refractivity contribution in [2.45, 2.75) is 25.3 Å². The molecular weight excluding hydrogens is 320 g/mol. The van der Waals surface area contributed by atoms with E-state index in [9.17, 15) is 4.79 Å². The third-order valence-corrected chi connectivity index (χ3v) is 4.43. The second-order valence-corrected chi connectivity index (χ2v) is 5.95. The van der Waals surface area contributed by atoms with Crippen molar-refractivity contribution in [1.82, 2.24) is 10.2 Å². The van der Waals surface area contributed by atoms with Crippen LogP contribution in [0.1, 0.15) is 29.6 Å². The normalized spacial score (nSPS) is 19.2. The van der Waals surface area contributed by atoms with Crippen LogP contribution in [0, 0.1) is 0 Å². The van der Waals surface area contributed by atoms with E-state index in [0.29, 0.717) is 11.6 Å². The molecule has 1 unspecified atom stereocenters. The Morgan fingerprint density at radius 1 is 1.40 bits per heavy atom. The van der Waals surface area contributed by atoms with Gasteiger partial charge in [0.05, 0.1) is 11.6 Å². The monoisotopic (exact) mass is 340 g/mol.